The van der Waals surface area contributed by atoms with Crippen molar-refractivity contribution >= 4 is 5.97 Å². The minimum Gasteiger partial charge on any atom is -0.489 e. The molecule has 148 valence electrons. The molecule has 4 rings (SSSR count). The fourth-order valence-electron chi connectivity index (χ4n) is 3.95. The maximum Gasteiger partial charge on any atom is 0.341 e. The van der Waals surface area contributed by atoms with Crippen molar-refractivity contribution in [2.24, 2.45) is 0 Å². The fourth-order valence-corrected chi connectivity index (χ4v) is 3.95. The van der Waals surface area contributed by atoms with Gasteiger partial charge in [-0.05, 0) is 48.6 Å². The summed E-state index contributed by atoms with van der Waals surface area (Å²) in [7, 11) is 0. The van der Waals surface area contributed by atoms with Crippen LogP contribution in [0.25, 0.3) is 11.3 Å². The lowest BCUT2D eigenvalue weighted by Crippen LogP contribution is -2.25. The third kappa shape index (κ3) is 3.56. The van der Waals surface area contributed by atoms with Crippen molar-refractivity contribution < 1.29 is 14.6 Å². The number of nitrogens with zero attached hydrogens (tertiary/aromatic N) is 1. The van der Waals surface area contributed by atoms with Crippen LogP contribution >= 0.6 is 0 Å². The van der Waals surface area contributed by atoms with Gasteiger partial charge in [-0.15, -0.1) is 0 Å². The first-order valence-electron chi connectivity index (χ1n) is 9.78. The van der Waals surface area contributed by atoms with Gasteiger partial charge in [0, 0.05) is 23.9 Å². The molecule has 0 saturated carbocycles. The van der Waals surface area contributed by atoms with Crippen LogP contribution in [0.2, 0.25) is 0 Å². The Morgan fingerprint density at radius 2 is 1.97 bits per heavy atom. The number of aromatic carboxylic acids is 1. The van der Waals surface area contributed by atoms with E-state index >= 15 is 0 Å². The topological polar surface area (TPSA) is 68.5 Å². The number of carboxylic acid groups (broad SMARTS) is 1. The van der Waals surface area contributed by atoms with Gasteiger partial charge in [-0.1, -0.05) is 37.3 Å². The number of hydrogen-bond donors (Lipinski definition) is 1. The second kappa shape index (κ2) is 7.59. The standard InChI is InChI=1S/C24H23NO4/c1-3-18-10-17-11-23(29-14-16-7-5-4-6-8-16)15(2)9-19(17)21-12-22(26)20(24(27)28)13-25(18)21/h4-9,11-13,18H,3,10,14H2,1-2H3,(H,27,28)/t18-/m0/s1. The fraction of sp³-hybridized carbons (Fsp3) is 0.250. The molecule has 2 aromatic carbocycles. The molecule has 0 unspecified atom stereocenters. The summed E-state index contributed by atoms with van der Waals surface area (Å²) in [4.78, 5) is 23.7. The number of carbonyl (C=O) groups is 1. The molecule has 3 aromatic rings. The van der Waals surface area contributed by atoms with Gasteiger partial charge in [0.15, 0.2) is 5.43 Å². The minimum atomic E-state index is -1.19. The molecule has 0 radical (unpaired) electrons. The summed E-state index contributed by atoms with van der Waals surface area (Å²) < 4.78 is 8.02. The molecule has 0 bridgehead atoms. The van der Waals surface area contributed by atoms with Crippen LogP contribution in [0, 0.1) is 6.92 Å². The number of rotatable bonds is 5. The zero-order valence-electron chi connectivity index (χ0n) is 16.5. The molecule has 0 aliphatic carbocycles. The summed E-state index contributed by atoms with van der Waals surface area (Å²) in [5.41, 5.74) is 4.29. The van der Waals surface area contributed by atoms with Crippen LogP contribution < -0.4 is 10.2 Å². The van der Waals surface area contributed by atoms with Crippen molar-refractivity contribution in [3.05, 3.63) is 87.2 Å². The van der Waals surface area contributed by atoms with Crippen molar-refractivity contribution in [2.45, 2.75) is 39.3 Å². The third-order valence-electron chi connectivity index (χ3n) is 5.54. The number of carboxylic acids is 1. The van der Waals surface area contributed by atoms with Gasteiger partial charge in [0.25, 0.3) is 0 Å². The van der Waals surface area contributed by atoms with E-state index in [1.165, 1.54) is 12.3 Å². The quantitative estimate of drug-likeness (QED) is 0.692. The lowest BCUT2D eigenvalue weighted by molar-refractivity contribution is 0.0694. The molecule has 29 heavy (non-hydrogen) atoms. The Morgan fingerprint density at radius 3 is 2.66 bits per heavy atom. The van der Waals surface area contributed by atoms with E-state index in [4.69, 9.17) is 4.74 Å². The number of aromatic nitrogens is 1. The predicted octanol–water partition coefficient (Wildman–Crippen LogP) is 4.61. The van der Waals surface area contributed by atoms with E-state index in [2.05, 4.69) is 13.0 Å². The van der Waals surface area contributed by atoms with Crippen molar-refractivity contribution in [3.8, 4) is 17.0 Å². The van der Waals surface area contributed by atoms with E-state index < -0.39 is 11.4 Å². The van der Waals surface area contributed by atoms with Gasteiger partial charge in [0.1, 0.15) is 17.9 Å². The summed E-state index contributed by atoms with van der Waals surface area (Å²) in [6, 6.07) is 15.7. The number of fused-ring (bicyclic) bond motifs is 3. The Bertz CT molecular complexity index is 1130. The average molecular weight is 389 g/mol. The van der Waals surface area contributed by atoms with Gasteiger partial charge < -0.3 is 14.4 Å². The van der Waals surface area contributed by atoms with Crippen molar-refractivity contribution in [3.63, 3.8) is 0 Å². The molecular weight excluding hydrogens is 366 g/mol. The number of hydrogen-bond acceptors (Lipinski definition) is 3. The highest BCUT2D eigenvalue weighted by Gasteiger charge is 2.26. The lowest BCUT2D eigenvalue weighted by Gasteiger charge is -2.31. The zero-order chi connectivity index (χ0) is 20.5. The molecule has 5 heteroatoms. The van der Waals surface area contributed by atoms with Crippen molar-refractivity contribution in [1.82, 2.24) is 4.57 Å². The smallest absolute Gasteiger partial charge is 0.341 e. The van der Waals surface area contributed by atoms with Crippen LogP contribution in [0.1, 0.15) is 46.4 Å². The zero-order valence-corrected chi connectivity index (χ0v) is 16.5. The van der Waals surface area contributed by atoms with Crippen LogP contribution in [-0.4, -0.2) is 15.6 Å². The highest BCUT2D eigenvalue weighted by molar-refractivity contribution is 5.87. The Balaban J connectivity index is 1.75. The molecule has 0 spiro atoms. The number of aryl methyl sites for hydroxylation is 1. The maximum atomic E-state index is 12.3. The largest absolute Gasteiger partial charge is 0.489 e. The summed E-state index contributed by atoms with van der Waals surface area (Å²) in [5, 5.41) is 9.33. The Labute approximate surface area is 169 Å². The first-order valence-corrected chi connectivity index (χ1v) is 9.78. The minimum absolute atomic E-state index is 0.0980. The number of benzene rings is 2. The molecule has 1 aromatic heterocycles. The van der Waals surface area contributed by atoms with Crippen LogP contribution in [0.4, 0.5) is 0 Å². The molecular formula is C24H23NO4. The number of pyridine rings is 1. The Hall–Kier alpha value is -3.34. The second-order valence-corrected chi connectivity index (χ2v) is 7.46. The van der Waals surface area contributed by atoms with Crippen LogP contribution in [0.15, 0.2) is 59.5 Å². The van der Waals surface area contributed by atoms with Gasteiger partial charge in [-0.25, -0.2) is 4.79 Å². The first kappa shape index (κ1) is 19.0. The van der Waals surface area contributed by atoms with E-state index in [1.54, 1.807) is 0 Å². The molecule has 1 N–H and O–H groups in total. The SMILES string of the molecule is CC[C@H]1Cc2cc(OCc3ccccc3)c(C)cc2-c2cc(=O)c(C(=O)O)cn21. The van der Waals surface area contributed by atoms with Gasteiger partial charge in [0.05, 0.1) is 5.69 Å². The molecule has 5 nitrogen and oxygen atoms in total. The first-order chi connectivity index (χ1) is 14.0. The van der Waals surface area contributed by atoms with Gasteiger partial charge in [-0.3, -0.25) is 4.79 Å². The molecule has 1 atom stereocenters. The maximum absolute atomic E-state index is 12.3. The number of ether oxygens (including phenoxy) is 1. The van der Waals surface area contributed by atoms with Crippen molar-refractivity contribution in [1.29, 1.82) is 0 Å². The normalized spacial score (nSPS) is 14.8. The predicted molar refractivity (Wildman–Crippen MR) is 112 cm³/mol. The summed E-state index contributed by atoms with van der Waals surface area (Å²) >= 11 is 0. The van der Waals surface area contributed by atoms with Gasteiger partial charge in [0.2, 0.25) is 0 Å². The average Bonchev–Trinajstić information content (AvgIpc) is 2.72. The molecule has 0 amide bonds. The second-order valence-electron chi connectivity index (χ2n) is 7.46. The van der Waals surface area contributed by atoms with Gasteiger partial charge in [-0.2, -0.15) is 0 Å². The Morgan fingerprint density at radius 1 is 1.21 bits per heavy atom. The van der Waals surface area contributed by atoms with E-state index in [-0.39, 0.29) is 11.6 Å². The van der Waals surface area contributed by atoms with E-state index in [1.807, 2.05) is 47.9 Å². The highest BCUT2D eigenvalue weighted by Crippen LogP contribution is 2.38. The van der Waals surface area contributed by atoms with Gasteiger partial charge >= 0.3 is 5.97 Å². The highest BCUT2D eigenvalue weighted by atomic mass is 16.5. The molecule has 1 aliphatic heterocycles. The molecule has 1 aliphatic rings. The van der Waals surface area contributed by atoms with Crippen LogP contribution in [0.5, 0.6) is 5.75 Å². The summed E-state index contributed by atoms with van der Waals surface area (Å²) in [6.07, 6.45) is 3.09. The van der Waals surface area contributed by atoms with Crippen LogP contribution in [-0.2, 0) is 13.0 Å². The monoisotopic (exact) mass is 389 g/mol. The van der Waals surface area contributed by atoms with E-state index in [9.17, 15) is 14.7 Å². The van der Waals surface area contributed by atoms with Crippen molar-refractivity contribution in [2.75, 3.05) is 0 Å². The summed E-state index contributed by atoms with van der Waals surface area (Å²) in [6.45, 7) is 4.55. The Kier molecular flexibility index (Phi) is 4.97. The molecule has 2 heterocycles. The summed E-state index contributed by atoms with van der Waals surface area (Å²) in [5.74, 6) is -0.354. The van der Waals surface area contributed by atoms with E-state index in [0.717, 1.165) is 46.5 Å². The third-order valence-corrected chi connectivity index (χ3v) is 5.54. The van der Waals surface area contributed by atoms with E-state index in [0.29, 0.717) is 6.61 Å². The molecule has 0 saturated heterocycles. The lowest BCUT2D eigenvalue weighted by atomic mass is 9.89. The molecule has 0 fully saturated rings. The van der Waals surface area contributed by atoms with Crippen LogP contribution in [0.3, 0.4) is 0 Å².